The third-order valence-corrected chi connectivity index (χ3v) is 5.87. The van der Waals surface area contributed by atoms with Gasteiger partial charge in [-0.05, 0) is 42.8 Å². The van der Waals surface area contributed by atoms with E-state index in [0.717, 1.165) is 5.75 Å². The topological polar surface area (TPSA) is 87.7 Å². The van der Waals surface area contributed by atoms with Crippen molar-refractivity contribution in [2.75, 3.05) is 16.9 Å². The lowest BCUT2D eigenvalue weighted by Crippen LogP contribution is -2.50. The highest BCUT2D eigenvalue weighted by Crippen LogP contribution is 2.26. The molecule has 2 heterocycles. The molecule has 0 aromatic heterocycles. The number of hydrogen-bond acceptors (Lipinski definition) is 5. The van der Waals surface area contributed by atoms with Crippen LogP contribution in [0.15, 0.2) is 54.6 Å². The number of hydrogen-bond donors (Lipinski definition) is 2. The summed E-state index contributed by atoms with van der Waals surface area (Å²) in [6.07, 6.45) is 0.835. The van der Waals surface area contributed by atoms with E-state index in [1.807, 2.05) is 30.3 Å². The number of ether oxygens (including phenoxy) is 1. The second kappa shape index (κ2) is 8.57. The Morgan fingerprint density at radius 1 is 1.07 bits per heavy atom. The zero-order valence-corrected chi connectivity index (χ0v) is 16.5. The van der Waals surface area contributed by atoms with Crippen LogP contribution in [0.25, 0.3) is 0 Å². The first-order chi connectivity index (χ1) is 14.1. The molecule has 2 unspecified atom stereocenters. The van der Waals surface area contributed by atoms with E-state index in [1.54, 1.807) is 29.2 Å². The Kier molecular flexibility index (Phi) is 5.71. The number of rotatable bonds is 5. The smallest absolute Gasteiger partial charge is 0.248 e. The summed E-state index contributed by atoms with van der Waals surface area (Å²) in [4.78, 5) is 38.4. The quantitative estimate of drug-likeness (QED) is 0.790. The van der Waals surface area contributed by atoms with Gasteiger partial charge >= 0.3 is 0 Å². The SMILES string of the molecule is O=C1CCC(C(=O)N2CSCC2C(=O)Nc2ccc(Oc3ccccc3)cc2)N1. The van der Waals surface area contributed by atoms with Crippen LogP contribution >= 0.6 is 11.8 Å². The van der Waals surface area contributed by atoms with E-state index in [-0.39, 0.29) is 17.7 Å². The summed E-state index contributed by atoms with van der Waals surface area (Å²) in [6, 6.07) is 15.5. The van der Waals surface area contributed by atoms with Crippen molar-refractivity contribution in [3.05, 3.63) is 54.6 Å². The molecule has 4 rings (SSSR count). The van der Waals surface area contributed by atoms with Crippen molar-refractivity contribution in [2.24, 2.45) is 0 Å². The van der Waals surface area contributed by atoms with E-state index in [0.29, 0.717) is 35.9 Å². The van der Waals surface area contributed by atoms with Crippen molar-refractivity contribution in [3.63, 3.8) is 0 Å². The van der Waals surface area contributed by atoms with Crippen molar-refractivity contribution in [2.45, 2.75) is 24.9 Å². The van der Waals surface area contributed by atoms with Crippen LogP contribution in [0.3, 0.4) is 0 Å². The molecule has 2 aromatic carbocycles. The summed E-state index contributed by atoms with van der Waals surface area (Å²) in [5.74, 6) is 1.85. The molecular formula is C21H21N3O4S. The van der Waals surface area contributed by atoms with Gasteiger partial charge in [-0.3, -0.25) is 14.4 Å². The maximum atomic E-state index is 12.7. The molecule has 7 nitrogen and oxygen atoms in total. The number of nitrogens with one attached hydrogen (secondary N) is 2. The van der Waals surface area contributed by atoms with Gasteiger partial charge in [0.1, 0.15) is 23.6 Å². The van der Waals surface area contributed by atoms with Gasteiger partial charge < -0.3 is 20.3 Å². The van der Waals surface area contributed by atoms with Gasteiger partial charge in [-0.1, -0.05) is 18.2 Å². The predicted octanol–water partition coefficient (Wildman–Crippen LogP) is 2.60. The van der Waals surface area contributed by atoms with Crippen molar-refractivity contribution in [1.29, 1.82) is 0 Å². The minimum absolute atomic E-state index is 0.117. The second-order valence-electron chi connectivity index (χ2n) is 6.91. The Morgan fingerprint density at radius 2 is 1.79 bits per heavy atom. The third-order valence-electron chi connectivity index (χ3n) is 4.86. The minimum Gasteiger partial charge on any atom is -0.457 e. The minimum atomic E-state index is -0.551. The van der Waals surface area contributed by atoms with Crippen molar-refractivity contribution >= 4 is 35.2 Å². The molecule has 0 aliphatic carbocycles. The second-order valence-corrected chi connectivity index (χ2v) is 7.91. The molecule has 29 heavy (non-hydrogen) atoms. The molecular weight excluding hydrogens is 390 g/mol. The zero-order chi connectivity index (χ0) is 20.2. The molecule has 2 atom stereocenters. The number of para-hydroxylation sites is 1. The highest BCUT2D eigenvalue weighted by Gasteiger charge is 2.39. The van der Waals surface area contributed by atoms with Crippen LogP contribution in [-0.2, 0) is 14.4 Å². The number of carbonyl (C=O) groups excluding carboxylic acids is 3. The van der Waals surface area contributed by atoms with Crippen LogP contribution < -0.4 is 15.4 Å². The van der Waals surface area contributed by atoms with Gasteiger partial charge in [0.25, 0.3) is 0 Å². The van der Waals surface area contributed by atoms with Crippen LogP contribution in [0.2, 0.25) is 0 Å². The normalized spacial score (nSPS) is 21.0. The Balaban J connectivity index is 1.36. The highest BCUT2D eigenvalue weighted by atomic mass is 32.2. The molecule has 150 valence electrons. The van der Waals surface area contributed by atoms with E-state index in [4.69, 9.17) is 4.74 Å². The Morgan fingerprint density at radius 3 is 2.48 bits per heavy atom. The van der Waals surface area contributed by atoms with Crippen molar-refractivity contribution in [1.82, 2.24) is 10.2 Å². The zero-order valence-electron chi connectivity index (χ0n) is 15.7. The van der Waals surface area contributed by atoms with E-state index < -0.39 is 12.1 Å². The fraction of sp³-hybridized carbons (Fsp3) is 0.286. The van der Waals surface area contributed by atoms with Crippen LogP contribution in [-0.4, -0.2) is 46.3 Å². The fourth-order valence-corrected chi connectivity index (χ4v) is 4.50. The molecule has 0 bridgehead atoms. The van der Waals surface area contributed by atoms with Gasteiger partial charge in [0.2, 0.25) is 17.7 Å². The maximum absolute atomic E-state index is 12.7. The van der Waals surface area contributed by atoms with Crippen LogP contribution in [0.1, 0.15) is 12.8 Å². The largest absolute Gasteiger partial charge is 0.457 e. The maximum Gasteiger partial charge on any atom is 0.248 e. The highest BCUT2D eigenvalue weighted by molar-refractivity contribution is 7.99. The Bertz CT molecular complexity index is 904. The third kappa shape index (κ3) is 4.54. The summed E-state index contributed by atoms with van der Waals surface area (Å²) >= 11 is 1.53. The average molecular weight is 411 g/mol. The van der Waals surface area contributed by atoms with Gasteiger partial charge in [0, 0.05) is 17.9 Å². The first kappa shape index (κ1) is 19.3. The fourth-order valence-electron chi connectivity index (χ4n) is 3.33. The molecule has 0 saturated carbocycles. The summed E-state index contributed by atoms with van der Waals surface area (Å²) in [5.41, 5.74) is 0.633. The van der Waals surface area contributed by atoms with Crippen molar-refractivity contribution in [3.8, 4) is 11.5 Å². The molecule has 2 N–H and O–H groups in total. The molecule has 2 aromatic rings. The molecule has 2 aliphatic heterocycles. The van der Waals surface area contributed by atoms with Gasteiger partial charge in [-0.2, -0.15) is 0 Å². The lowest BCUT2D eigenvalue weighted by molar-refractivity contribution is -0.138. The standard InChI is InChI=1S/C21H21N3O4S/c25-19-11-10-17(23-19)21(27)24-13-29-12-18(24)20(26)22-14-6-8-16(9-7-14)28-15-4-2-1-3-5-15/h1-9,17-18H,10-13H2,(H,22,26)(H,23,25). The number of anilines is 1. The molecule has 2 saturated heterocycles. The van der Waals surface area contributed by atoms with Crippen LogP contribution in [0, 0.1) is 0 Å². The van der Waals surface area contributed by atoms with Crippen molar-refractivity contribution < 1.29 is 19.1 Å². The first-order valence-corrected chi connectivity index (χ1v) is 10.6. The van der Waals surface area contributed by atoms with Crippen LogP contribution in [0.4, 0.5) is 5.69 Å². The molecule has 0 radical (unpaired) electrons. The number of thioether (sulfide) groups is 1. The summed E-state index contributed by atoms with van der Waals surface area (Å²) < 4.78 is 5.75. The molecule has 2 fully saturated rings. The number of amides is 3. The average Bonchev–Trinajstić information content (AvgIpc) is 3.39. The van der Waals surface area contributed by atoms with E-state index in [9.17, 15) is 14.4 Å². The number of benzene rings is 2. The van der Waals surface area contributed by atoms with E-state index in [2.05, 4.69) is 10.6 Å². The molecule has 8 heteroatoms. The molecule has 0 spiro atoms. The summed E-state index contributed by atoms with van der Waals surface area (Å²) in [6.45, 7) is 0. The van der Waals surface area contributed by atoms with Gasteiger partial charge in [0.15, 0.2) is 0 Å². The van der Waals surface area contributed by atoms with Gasteiger partial charge in [-0.15, -0.1) is 11.8 Å². The van der Waals surface area contributed by atoms with E-state index >= 15 is 0 Å². The van der Waals surface area contributed by atoms with E-state index in [1.165, 1.54) is 11.8 Å². The van der Waals surface area contributed by atoms with Crippen LogP contribution in [0.5, 0.6) is 11.5 Å². The summed E-state index contributed by atoms with van der Waals surface area (Å²) in [5, 5.41) is 5.55. The number of nitrogens with zero attached hydrogens (tertiary/aromatic N) is 1. The lowest BCUT2D eigenvalue weighted by Gasteiger charge is -2.25. The predicted molar refractivity (Wildman–Crippen MR) is 111 cm³/mol. The van der Waals surface area contributed by atoms with Gasteiger partial charge in [0.05, 0.1) is 5.88 Å². The first-order valence-electron chi connectivity index (χ1n) is 9.41. The number of carbonyl (C=O) groups is 3. The lowest BCUT2D eigenvalue weighted by atomic mass is 10.1. The summed E-state index contributed by atoms with van der Waals surface area (Å²) in [7, 11) is 0. The molecule has 2 aliphatic rings. The molecule has 3 amide bonds. The Hall–Kier alpha value is -3.00. The van der Waals surface area contributed by atoms with Gasteiger partial charge in [-0.25, -0.2) is 0 Å². The monoisotopic (exact) mass is 411 g/mol. The Labute approximate surface area is 172 Å².